The lowest BCUT2D eigenvalue weighted by atomic mass is 9.97. The number of carbonyl (C=O) groups is 1. The summed E-state index contributed by atoms with van der Waals surface area (Å²) in [7, 11) is 1.53. The summed E-state index contributed by atoms with van der Waals surface area (Å²) in [5.74, 6) is 0.215. The van der Waals surface area contributed by atoms with Crippen LogP contribution < -0.4 is 0 Å². The minimum Gasteiger partial charge on any atom is -0.492 e. The van der Waals surface area contributed by atoms with Gasteiger partial charge in [0.2, 0.25) is 0 Å². The molecule has 15 heavy (non-hydrogen) atoms. The molecule has 0 N–H and O–H groups in total. The number of carbonyl (C=O) groups excluding carboxylic acids is 1. The second-order valence-corrected chi connectivity index (χ2v) is 4.26. The van der Waals surface area contributed by atoms with Gasteiger partial charge in [-0.2, -0.15) is 0 Å². The lowest BCUT2D eigenvalue weighted by Crippen LogP contribution is -2.06. The highest BCUT2D eigenvalue weighted by atomic mass is 16.5. The van der Waals surface area contributed by atoms with Crippen molar-refractivity contribution in [2.75, 3.05) is 13.7 Å². The van der Waals surface area contributed by atoms with Crippen molar-refractivity contribution in [2.24, 2.45) is 5.41 Å². The first-order chi connectivity index (χ1) is 6.89. The van der Waals surface area contributed by atoms with Crippen molar-refractivity contribution >= 4 is 5.97 Å². The molecule has 0 heterocycles. The summed E-state index contributed by atoms with van der Waals surface area (Å²) in [6, 6.07) is 0. The molecule has 3 nitrogen and oxygen atoms in total. The first kappa shape index (κ1) is 13.8. The van der Waals surface area contributed by atoms with Crippen molar-refractivity contribution in [3.05, 3.63) is 17.6 Å². The predicted octanol–water partition coefficient (Wildman–Crippen LogP) is 2.67. The Bertz CT molecular complexity index is 265. The molecule has 0 saturated carbocycles. The maximum absolute atomic E-state index is 11.2. The third-order valence-electron chi connectivity index (χ3n) is 1.52. The fourth-order valence-corrected chi connectivity index (χ4v) is 0.822. The molecule has 0 bridgehead atoms. The zero-order chi connectivity index (χ0) is 11.9. The van der Waals surface area contributed by atoms with E-state index < -0.39 is 0 Å². The summed E-state index contributed by atoms with van der Waals surface area (Å²) in [5, 5.41) is 0. The monoisotopic (exact) mass is 212 g/mol. The molecule has 0 fully saturated rings. The van der Waals surface area contributed by atoms with Crippen LogP contribution in [0, 0.1) is 5.41 Å². The van der Waals surface area contributed by atoms with Crippen LogP contribution in [0.5, 0.6) is 0 Å². The molecule has 0 radical (unpaired) electrons. The maximum Gasteiger partial charge on any atom is 0.314 e. The quantitative estimate of drug-likeness (QED) is 0.408. The van der Waals surface area contributed by atoms with Gasteiger partial charge in [0.05, 0.1) is 13.7 Å². The maximum atomic E-state index is 11.2. The highest BCUT2D eigenvalue weighted by Crippen LogP contribution is 2.14. The summed E-state index contributed by atoms with van der Waals surface area (Å²) < 4.78 is 9.85. The molecular formula is C12H20O3. The summed E-state index contributed by atoms with van der Waals surface area (Å²) in [5.41, 5.74) is 2.99. The van der Waals surface area contributed by atoms with E-state index in [2.05, 4.69) is 26.5 Å². The van der Waals surface area contributed by atoms with Crippen LogP contribution >= 0.6 is 0 Å². The largest absolute Gasteiger partial charge is 0.492 e. The molecule has 0 spiro atoms. The lowest BCUT2D eigenvalue weighted by molar-refractivity contribution is -0.142. The van der Waals surface area contributed by atoms with Crippen molar-refractivity contribution < 1.29 is 14.3 Å². The Hall–Kier alpha value is -1.21. The Balaban J connectivity index is 4.50. The van der Waals surface area contributed by atoms with Gasteiger partial charge in [0.25, 0.3) is 0 Å². The van der Waals surface area contributed by atoms with Crippen LogP contribution in [0.25, 0.3) is 0 Å². The van der Waals surface area contributed by atoms with Crippen LogP contribution in [-0.2, 0) is 14.3 Å². The van der Waals surface area contributed by atoms with Crippen LogP contribution in [0.3, 0.4) is 0 Å². The zero-order valence-corrected chi connectivity index (χ0v) is 10.2. The number of esters is 1. The fraction of sp³-hybridized carbons (Fsp3) is 0.667. The molecule has 0 atom stereocenters. The molecule has 0 aromatic rings. The fourth-order valence-electron chi connectivity index (χ4n) is 0.822. The van der Waals surface area contributed by atoms with E-state index in [1.165, 1.54) is 7.11 Å². The molecule has 0 aromatic heterocycles. The Kier molecular flexibility index (Phi) is 5.80. The third kappa shape index (κ3) is 7.83. The van der Waals surface area contributed by atoms with Gasteiger partial charge in [0.1, 0.15) is 12.2 Å². The van der Waals surface area contributed by atoms with Gasteiger partial charge in [-0.1, -0.05) is 26.5 Å². The molecule has 3 heteroatoms. The highest BCUT2D eigenvalue weighted by Gasteiger charge is 2.07. The van der Waals surface area contributed by atoms with Gasteiger partial charge in [0, 0.05) is 0 Å². The topological polar surface area (TPSA) is 35.5 Å². The SMILES string of the molecule is CCOC(=O)CC(=C=CC(C)(C)C)OC. The number of ether oxygens (including phenoxy) is 2. The van der Waals surface area contributed by atoms with E-state index in [9.17, 15) is 4.79 Å². The Morgan fingerprint density at radius 1 is 1.40 bits per heavy atom. The van der Waals surface area contributed by atoms with Crippen molar-refractivity contribution in [1.82, 2.24) is 0 Å². The van der Waals surface area contributed by atoms with Gasteiger partial charge < -0.3 is 9.47 Å². The molecule has 0 amide bonds. The van der Waals surface area contributed by atoms with E-state index in [4.69, 9.17) is 9.47 Å². The highest BCUT2D eigenvalue weighted by molar-refractivity contribution is 5.71. The molecule has 0 aliphatic rings. The second kappa shape index (κ2) is 6.31. The van der Waals surface area contributed by atoms with E-state index in [1.807, 2.05) is 6.08 Å². The number of rotatable bonds is 4. The lowest BCUT2D eigenvalue weighted by Gasteiger charge is -2.09. The standard InChI is InChI=1S/C12H20O3/c1-6-15-11(13)9-10(14-5)7-8-12(2,3)4/h8H,6,9H2,1-5H3. The van der Waals surface area contributed by atoms with Crippen molar-refractivity contribution in [3.8, 4) is 0 Å². The van der Waals surface area contributed by atoms with Crippen molar-refractivity contribution in [2.45, 2.75) is 34.1 Å². The number of hydrogen-bond acceptors (Lipinski definition) is 3. The molecule has 0 aliphatic heterocycles. The number of hydrogen-bond donors (Lipinski definition) is 0. The molecular weight excluding hydrogens is 192 g/mol. The summed E-state index contributed by atoms with van der Waals surface area (Å²) in [6.45, 7) is 8.32. The molecule has 0 saturated heterocycles. The summed E-state index contributed by atoms with van der Waals surface area (Å²) in [4.78, 5) is 11.2. The van der Waals surface area contributed by atoms with E-state index in [0.717, 1.165) is 0 Å². The van der Waals surface area contributed by atoms with Gasteiger partial charge in [-0.05, 0) is 18.4 Å². The van der Waals surface area contributed by atoms with Gasteiger partial charge in [0.15, 0.2) is 0 Å². The average molecular weight is 212 g/mol. The predicted molar refractivity (Wildman–Crippen MR) is 59.3 cm³/mol. The van der Waals surface area contributed by atoms with Gasteiger partial charge in [-0.25, -0.2) is 0 Å². The Labute approximate surface area is 91.8 Å². The van der Waals surface area contributed by atoms with E-state index in [1.54, 1.807) is 6.92 Å². The first-order valence-electron chi connectivity index (χ1n) is 5.05. The van der Waals surface area contributed by atoms with Crippen molar-refractivity contribution in [3.63, 3.8) is 0 Å². The molecule has 0 aliphatic carbocycles. The van der Waals surface area contributed by atoms with Gasteiger partial charge in [-0.15, -0.1) is 0 Å². The second-order valence-electron chi connectivity index (χ2n) is 4.26. The van der Waals surface area contributed by atoms with Crippen LogP contribution in [0.15, 0.2) is 17.6 Å². The molecule has 0 rings (SSSR count). The van der Waals surface area contributed by atoms with Crippen LogP contribution in [0.1, 0.15) is 34.1 Å². The Morgan fingerprint density at radius 3 is 2.40 bits per heavy atom. The number of methoxy groups -OCH3 is 1. The normalized spacial score (nSPS) is 10.2. The van der Waals surface area contributed by atoms with Crippen LogP contribution in [-0.4, -0.2) is 19.7 Å². The third-order valence-corrected chi connectivity index (χ3v) is 1.52. The van der Waals surface area contributed by atoms with Crippen LogP contribution in [0.4, 0.5) is 0 Å². The van der Waals surface area contributed by atoms with Crippen molar-refractivity contribution in [1.29, 1.82) is 0 Å². The summed E-state index contributed by atoms with van der Waals surface area (Å²) in [6.07, 6.45) is 2.02. The minimum absolute atomic E-state index is 0.0262. The van der Waals surface area contributed by atoms with Gasteiger partial charge >= 0.3 is 5.97 Å². The first-order valence-corrected chi connectivity index (χ1v) is 5.05. The molecule has 86 valence electrons. The Morgan fingerprint density at radius 2 is 2.00 bits per heavy atom. The van der Waals surface area contributed by atoms with E-state index in [-0.39, 0.29) is 17.8 Å². The average Bonchev–Trinajstić information content (AvgIpc) is 2.11. The van der Waals surface area contributed by atoms with Crippen LogP contribution in [0.2, 0.25) is 0 Å². The minimum atomic E-state index is -0.288. The summed E-state index contributed by atoms with van der Waals surface area (Å²) >= 11 is 0. The molecule has 0 unspecified atom stereocenters. The van der Waals surface area contributed by atoms with E-state index in [0.29, 0.717) is 12.4 Å². The molecule has 0 aromatic carbocycles. The van der Waals surface area contributed by atoms with Gasteiger partial charge in [-0.3, -0.25) is 4.79 Å². The zero-order valence-electron chi connectivity index (χ0n) is 10.2. The smallest absolute Gasteiger partial charge is 0.314 e. The van der Waals surface area contributed by atoms with E-state index >= 15 is 0 Å².